The third-order valence-corrected chi connectivity index (χ3v) is 2.58. The summed E-state index contributed by atoms with van der Waals surface area (Å²) in [5.41, 5.74) is 5.70. The minimum absolute atomic E-state index is 0.458. The van der Waals surface area contributed by atoms with Crippen LogP contribution in [0, 0.1) is 0 Å². The van der Waals surface area contributed by atoms with E-state index in [1.54, 1.807) is 16.9 Å². The maximum absolute atomic E-state index is 5.74. The third-order valence-electron chi connectivity index (χ3n) is 1.85. The van der Waals surface area contributed by atoms with Crippen LogP contribution in [0.5, 0.6) is 0 Å². The van der Waals surface area contributed by atoms with E-state index in [4.69, 9.17) is 11.6 Å². The van der Waals surface area contributed by atoms with Gasteiger partial charge in [-0.05, 0) is 28.4 Å². The molecule has 0 aliphatic carbocycles. The molecule has 14 heavy (non-hydrogen) atoms. The summed E-state index contributed by atoms with van der Waals surface area (Å²) in [7, 11) is 0. The number of allylic oxidation sites excluding steroid dienone is 1. The Hall–Kier alpha value is -0.810. The summed E-state index contributed by atoms with van der Waals surface area (Å²) in [6.45, 7) is 2.02. The lowest BCUT2D eigenvalue weighted by atomic mass is 10.2. The standard InChI is InChI=1S/C8H7BrClN4/c1-2-5-7(8(9)12-11-5)14-4-3-6(10)13-14/h3-4H,2H2,1H3. The second-order valence-electron chi connectivity index (χ2n) is 2.72. The van der Waals surface area contributed by atoms with Crippen molar-refractivity contribution in [2.24, 2.45) is 5.10 Å². The molecule has 0 fully saturated rings. The fourth-order valence-electron chi connectivity index (χ4n) is 1.21. The highest BCUT2D eigenvalue weighted by molar-refractivity contribution is 9.11. The van der Waals surface area contributed by atoms with Crippen molar-refractivity contribution in [3.63, 3.8) is 0 Å². The van der Waals surface area contributed by atoms with Crippen molar-refractivity contribution in [1.82, 2.24) is 15.2 Å². The Morgan fingerprint density at radius 1 is 1.57 bits per heavy atom. The molecule has 2 rings (SSSR count). The van der Waals surface area contributed by atoms with Gasteiger partial charge in [0, 0.05) is 6.20 Å². The highest BCUT2D eigenvalue weighted by Gasteiger charge is 2.20. The van der Waals surface area contributed by atoms with Crippen molar-refractivity contribution >= 4 is 38.9 Å². The van der Waals surface area contributed by atoms with Gasteiger partial charge in [0.1, 0.15) is 5.70 Å². The highest BCUT2D eigenvalue weighted by atomic mass is 79.9. The number of hydrogen-bond donors (Lipinski definition) is 0. The lowest BCUT2D eigenvalue weighted by Gasteiger charge is -2.03. The van der Waals surface area contributed by atoms with E-state index in [0.717, 1.165) is 17.8 Å². The van der Waals surface area contributed by atoms with Crippen LogP contribution < -0.4 is 5.43 Å². The van der Waals surface area contributed by atoms with Crippen LogP contribution in [0.1, 0.15) is 13.3 Å². The van der Waals surface area contributed by atoms with E-state index >= 15 is 0 Å². The maximum atomic E-state index is 5.74. The molecule has 1 aliphatic rings. The van der Waals surface area contributed by atoms with Crippen molar-refractivity contribution in [1.29, 1.82) is 0 Å². The minimum Gasteiger partial charge on any atom is -0.235 e. The van der Waals surface area contributed by atoms with Crippen LogP contribution in [0.25, 0.3) is 5.70 Å². The summed E-state index contributed by atoms with van der Waals surface area (Å²) in [5, 5.41) is 8.57. The molecule has 1 aromatic rings. The van der Waals surface area contributed by atoms with Crippen LogP contribution in [0.15, 0.2) is 22.0 Å². The molecule has 0 unspecified atom stereocenters. The second-order valence-corrected chi connectivity index (χ2v) is 3.86. The Morgan fingerprint density at radius 3 is 2.93 bits per heavy atom. The summed E-state index contributed by atoms with van der Waals surface area (Å²) in [5.74, 6) is 0. The first-order valence-electron chi connectivity index (χ1n) is 4.11. The molecule has 0 saturated carbocycles. The van der Waals surface area contributed by atoms with Crippen molar-refractivity contribution in [3.05, 3.63) is 22.0 Å². The number of rotatable bonds is 2. The molecule has 0 N–H and O–H groups in total. The molecule has 4 nitrogen and oxygen atoms in total. The van der Waals surface area contributed by atoms with Crippen LogP contribution in [0.3, 0.4) is 0 Å². The van der Waals surface area contributed by atoms with Gasteiger partial charge in [0.2, 0.25) is 0 Å². The Labute approximate surface area is 94.8 Å². The van der Waals surface area contributed by atoms with Gasteiger partial charge >= 0.3 is 0 Å². The topological polar surface area (TPSA) is 44.3 Å². The molecular weight excluding hydrogens is 267 g/mol. The molecule has 1 radical (unpaired) electrons. The maximum Gasteiger partial charge on any atom is 0.156 e. The summed E-state index contributed by atoms with van der Waals surface area (Å²) < 4.78 is 2.36. The van der Waals surface area contributed by atoms with Crippen molar-refractivity contribution < 1.29 is 0 Å². The largest absolute Gasteiger partial charge is 0.235 e. The minimum atomic E-state index is 0.458. The van der Waals surface area contributed by atoms with Crippen LogP contribution in [0.2, 0.25) is 5.15 Å². The van der Waals surface area contributed by atoms with Gasteiger partial charge in [-0.3, -0.25) is 0 Å². The van der Waals surface area contributed by atoms with Gasteiger partial charge in [-0.1, -0.05) is 18.5 Å². The SMILES string of the molecule is CCC1=N[N]C(Br)=C1n1ccc(Cl)n1. The normalized spacial score (nSPS) is 15.8. The molecule has 1 aromatic heterocycles. The Morgan fingerprint density at radius 2 is 2.36 bits per heavy atom. The predicted octanol–water partition coefficient (Wildman–Crippen LogP) is 2.44. The molecule has 0 aromatic carbocycles. The van der Waals surface area contributed by atoms with Crippen LogP contribution in [0.4, 0.5) is 0 Å². The first-order chi connectivity index (χ1) is 6.72. The van der Waals surface area contributed by atoms with Crippen LogP contribution in [-0.4, -0.2) is 15.5 Å². The van der Waals surface area contributed by atoms with E-state index in [-0.39, 0.29) is 0 Å². The van der Waals surface area contributed by atoms with Crippen molar-refractivity contribution in [2.45, 2.75) is 13.3 Å². The molecule has 1 aliphatic heterocycles. The van der Waals surface area contributed by atoms with E-state index in [9.17, 15) is 0 Å². The number of halogens is 2. The summed E-state index contributed by atoms with van der Waals surface area (Å²) in [4.78, 5) is 0. The lowest BCUT2D eigenvalue weighted by Crippen LogP contribution is -2.06. The van der Waals surface area contributed by atoms with Gasteiger partial charge in [0.25, 0.3) is 0 Å². The smallest absolute Gasteiger partial charge is 0.156 e. The van der Waals surface area contributed by atoms with Gasteiger partial charge in [0.05, 0.1) is 5.71 Å². The van der Waals surface area contributed by atoms with E-state index in [2.05, 4.69) is 31.6 Å². The molecule has 73 valence electrons. The molecule has 0 spiro atoms. The fourth-order valence-corrected chi connectivity index (χ4v) is 1.84. The van der Waals surface area contributed by atoms with Gasteiger partial charge in [-0.15, -0.1) is 5.43 Å². The number of hydrogen-bond acceptors (Lipinski definition) is 2. The van der Waals surface area contributed by atoms with E-state index < -0.39 is 0 Å². The first kappa shape index (κ1) is 9.73. The summed E-state index contributed by atoms with van der Waals surface area (Å²) in [6, 6.07) is 1.72. The Bertz CT molecular complexity index is 421. The summed E-state index contributed by atoms with van der Waals surface area (Å²) >= 11 is 9.06. The van der Waals surface area contributed by atoms with Crippen molar-refractivity contribution in [2.75, 3.05) is 0 Å². The average Bonchev–Trinajstić information content (AvgIpc) is 2.71. The Balaban J connectivity index is 2.42. The predicted molar refractivity (Wildman–Crippen MR) is 59.2 cm³/mol. The van der Waals surface area contributed by atoms with E-state index in [1.807, 2.05) is 6.92 Å². The zero-order valence-electron chi connectivity index (χ0n) is 7.41. The van der Waals surface area contributed by atoms with Crippen LogP contribution >= 0.6 is 27.5 Å². The van der Waals surface area contributed by atoms with Gasteiger partial charge in [0.15, 0.2) is 9.76 Å². The monoisotopic (exact) mass is 273 g/mol. The second kappa shape index (κ2) is 3.74. The van der Waals surface area contributed by atoms with E-state index in [1.165, 1.54) is 0 Å². The quantitative estimate of drug-likeness (QED) is 0.764. The van der Waals surface area contributed by atoms with Crippen LogP contribution in [-0.2, 0) is 0 Å². The highest BCUT2D eigenvalue weighted by Crippen LogP contribution is 2.24. The number of nitrogens with zero attached hydrogens (tertiary/aromatic N) is 4. The molecule has 0 atom stereocenters. The fraction of sp³-hybridized carbons (Fsp3) is 0.250. The third kappa shape index (κ3) is 1.57. The van der Waals surface area contributed by atoms with Gasteiger partial charge in [-0.25, -0.2) is 4.68 Å². The Kier molecular flexibility index (Phi) is 2.60. The number of aromatic nitrogens is 2. The molecule has 0 bridgehead atoms. The summed E-state index contributed by atoms with van der Waals surface area (Å²) in [6.07, 6.45) is 2.59. The van der Waals surface area contributed by atoms with Crippen molar-refractivity contribution in [3.8, 4) is 0 Å². The van der Waals surface area contributed by atoms with E-state index in [0.29, 0.717) is 9.76 Å². The average molecular weight is 275 g/mol. The van der Waals surface area contributed by atoms with Gasteiger partial charge < -0.3 is 0 Å². The lowest BCUT2D eigenvalue weighted by molar-refractivity contribution is 0.906. The zero-order chi connectivity index (χ0) is 10.1. The molecule has 0 amide bonds. The first-order valence-corrected chi connectivity index (χ1v) is 5.28. The zero-order valence-corrected chi connectivity index (χ0v) is 9.75. The molecule has 6 heteroatoms. The molecule has 2 heterocycles. The van der Waals surface area contributed by atoms with Gasteiger partial charge in [-0.2, -0.15) is 10.2 Å². The molecule has 0 saturated heterocycles. The molecular formula is C8H7BrClN4.